The van der Waals surface area contributed by atoms with Gasteiger partial charge >= 0.3 is 0 Å². The number of hydrogen-bond acceptors (Lipinski definition) is 9. The fourth-order valence-corrected chi connectivity index (χ4v) is 7.83. The van der Waals surface area contributed by atoms with Crippen molar-refractivity contribution < 1.29 is 19.0 Å². The maximum absolute atomic E-state index is 12.5. The van der Waals surface area contributed by atoms with Crippen LogP contribution in [-0.2, 0) is 16.0 Å². The molecule has 1 amide bonds. The molecule has 0 bridgehead atoms. The molecule has 4 fully saturated rings. The highest BCUT2D eigenvalue weighted by Crippen LogP contribution is 2.47. The Balaban J connectivity index is 1.20. The van der Waals surface area contributed by atoms with E-state index in [4.69, 9.17) is 14.2 Å². The van der Waals surface area contributed by atoms with Crippen molar-refractivity contribution in [2.24, 2.45) is 5.92 Å². The second-order valence-corrected chi connectivity index (χ2v) is 12.5. The van der Waals surface area contributed by atoms with Gasteiger partial charge in [-0.05, 0) is 57.0 Å². The van der Waals surface area contributed by atoms with Crippen LogP contribution in [0.4, 0.5) is 0 Å². The molecule has 4 heterocycles. The lowest BCUT2D eigenvalue weighted by Gasteiger charge is -2.54. The third-order valence-electron chi connectivity index (χ3n) is 10.1. The summed E-state index contributed by atoms with van der Waals surface area (Å²) < 4.78 is 18.7. The Morgan fingerprint density at radius 3 is 2.90 bits per heavy atom. The minimum absolute atomic E-state index is 0.0796. The summed E-state index contributed by atoms with van der Waals surface area (Å²) in [6, 6.07) is 8.95. The first-order chi connectivity index (χ1) is 19.9. The van der Waals surface area contributed by atoms with Crippen LogP contribution >= 0.6 is 0 Å². The average molecular weight is 565 g/mol. The van der Waals surface area contributed by atoms with E-state index < -0.39 is 0 Å². The second kappa shape index (κ2) is 11.9. The summed E-state index contributed by atoms with van der Waals surface area (Å²) in [7, 11) is 3.87. The van der Waals surface area contributed by atoms with E-state index in [9.17, 15) is 10.1 Å². The molecule has 10 heteroatoms. The van der Waals surface area contributed by atoms with Crippen LogP contribution in [0.5, 0.6) is 11.5 Å². The third-order valence-corrected chi connectivity index (χ3v) is 10.1. The van der Waals surface area contributed by atoms with Gasteiger partial charge in [0.05, 0.1) is 38.4 Å². The number of methoxy groups -OCH3 is 1. The zero-order valence-electron chi connectivity index (χ0n) is 24.4. The van der Waals surface area contributed by atoms with Gasteiger partial charge in [0.1, 0.15) is 17.1 Å². The molecule has 5 aliphatic rings. The van der Waals surface area contributed by atoms with Crippen LogP contribution in [-0.4, -0.2) is 104 Å². The lowest BCUT2D eigenvalue weighted by molar-refractivity contribution is -0.138. The average Bonchev–Trinajstić information content (AvgIpc) is 3.56. The Bertz CT molecular complexity index is 1170. The van der Waals surface area contributed by atoms with Crippen LogP contribution in [0.3, 0.4) is 0 Å². The monoisotopic (exact) mass is 564 g/mol. The zero-order valence-corrected chi connectivity index (χ0v) is 24.4. The summed E-state index contributed by atoms with van der Waals surface area (Å²) in [6.07, 6.45) is 7.61. The largest absolute Gasteiger partial charge is 0.497 e. The number of carbonyl (C=O) groups is 1. The van der Waals surface area contributed by atoms with Gasteiger partial charge in [0.25, 0.3) is 0 Å². The van der Waals surface area contributed by atoms with Crippen LogP contribution in [0.2, 0.25) is 0 Å². The number of nitriles is 1. The Morgan fingerprint density at radius 1 is 1.27 bits per heavy atom. The topological polar surface area (TPSA) is 102 Å². The standard InChI is InChI=1S/C31H44N6O4/c1-4-28(38)37-15-14-36(19-22(37)10-12-32)29-25-9-11-31(17-21-7-8-24(39-3)16-27(21)41-31)18-26(25)33-30(34-29)40-20-23-6-5-13-35(23)2/h4,7-8,16,22-23,25-26,29-30,33-34H,1,5-6,9-11,13-15,17-20H2,2-3H3/t22?,23?,25?,26?,29?,30?,31-/m1/s1. The Morgan fingerprint density at radius 2 is 2.15 bits per heavy atom. The molecule has 41 heavy (non-hydrogen) atoms. The third kappa shape index (κ3) is 5.71. The van der Waals surface area contributed by atoms with E-state index in [1.807, 2.05) is 17.0 Å². The molecule has 1 spiro atoms. The van der Waals surface area contributed by atoms with E-state index in [-0.39, 0.29) is 36.1 Å². The highest BCUT2D eigenvalue weighted by atomic mass is 16.5. The lowest BCUT2D eigenvalue weighted by Crippen LogP contribution is -2.73. The van der Waals surface area contributed by atoms with E-state index in [2.05, 4.69) is 46.2 Å². The summed E-state index contributed by atoms with van der Waals surface area (Å²) in [5.74, 6) is 2.01. The summed E-state index contributed by atoms with van der Waals surface area (Å²) in [5.41, 5.74) is 1.01. The first-order valence-electron chi connectivity index (χ1n) is 15.2. The molecule has 2 N–H and O–H groups in total. The maximum Gasteiger partial charge on any atom is 0.246 e. The molecular formula is C31H44N6O4. The van der Waals surface area contributed by atoms with Crippen molar-refractivity contribution in [3.05, 3.63) is 36.4 Å². The van der Waals surface area contributed by atoms with E-state index in [0.717, 1.165) is 56.7 Å². The molecule has 3 saturated heterocycles. The Hall–Kier alpha value is -2.68. The minimum Gasteiger partial charge on any atom is -0.497 e. The number of likely N-dealkylation sites (N-methyl/N-ethyl adjacent to an activating group) is 1. The predicted molar refractivity (Wildman–Crippen MR) is 154 cm³/mol. The fourth-order valence-electron chi connectivity index (χ4n) is 7.83. The number of hydrogen-bond donors (Lipinski definition) is 2. The van der Waals surface area contributed by atoms with Gasteiger partial charge in [0.15, 0.2) is 6.35 Å². The minimum atomic E-state index is -0.281. The molecule has 1 aromatic carbocycles. The van der Waals surface area contributed by atoms with Crippen molar-refractivity contribution in [3.8, 4) is 17.6 Å². The van der Waals surface area contributed by atoms with Gasteiger partial charge in [0, 0.05) is 56.5 Å². The van der Waals surface area contributed by atoms with Crippen molar-refractivity contribution in [2.45, 2.75) is 81.2 Å². The van der Waals surface area contributed by atoms with Crippen molar-refractivity contribution in [1.82, 2.24) is 25.3 Å². The Labute approximate surface area is 243 Å². The first-order valence-corrected chi connectivity index (χ1v) is 15.2. The number of nitrogens with one attached hydrogen (secondary N) is 2. The van der Waals surface area contributed by atoms with E-state index >= 15 is 0 Å². The van der Waals surface area contributed by atoms with Crippen LogP contribution in [0, 0.1) is 17.2 Å². The molecule has 7 atom stereocenters. The van der Waals surface area contributed by atoms with Crippen LogP contribution in [0.15, 0.2) is 30.9 Å². The Kier molecular flexibility index (Phi) is 8.25. The number of amides is 1. The number of nitrogens with zero attached hydrogens (tertiary/aromatic N) is 4. The number of ether oxygens (including phenoxy) is 3. The predicted octanol–water partition coefficient (Wildman–Crippen LogP) is 2.06. The molecule has 0 aromatic heterocycles. The molecule has 6 unspecified atom stereocenters. The molecule has 4 aliphatic heterocycles. The summed E-state index contributed by atoms with van der Waals surface area (Å²) in [4.78, 5) is 19.2. The summed E-state index contributed by atoms with van der Waals surface area (Å²) in [6.45, 7) is 7.45. The van der Waals surface area contributed by atoms with Crippen molar-refractivity contribution in [2.75, 3.05) is 46.9 Å². The van der Waals surface area contributed by atoms with Crippen molar-refractivity contribution in [3.63, 3.8) is 0 Å². The lowest BCUT2D eigenvalue weighted by atomic mass is 9.71. The van der Waals surface area contributed by atoms with Gasteiger partial charge in [-0.2, -0.15) is 5.26 Å². The van der Waals surface area contributed by atoms with Gasteiger partial charge in [-0.15, -0.1) is 0 Å². The first kappa shape index (κ1) is 28.4. The molecule has 1 aromatic rings. The number of likely N-dealkylation sites (tertiary alicyclic amines) is 1. The molecule has 222 valence electrons. The highest BCUT2D eigenvalue weighted by Gasteiger charge is 2.52. The van der Waals surface area contributed by atoms with Gasteiger partial charge < -0.3 is 24.0 Å². The maximum atomic E-state index is 12.5. The van der Waals surface area contributed by atoms with Gasteiger partial charge in [-0.25, -0.2) is 0 Å². The number of piperazine rings is 1. The van der Waals surface area contributed by atoms with Crippen molar-refractivity contribution >= 4 is 5.91 Å². The molecule has 10 nitrogen and oxygen atoms in total. The number of rotatable bonds is 7. The zero-order chi connectivity index (χ0) is 28.6. The quantitative estimate of drug-likeness (QED) is 0.482. The van der Waals surface area contributed by atoms with E-state index in [1.54, 1.807) is 7.11 Å². The van der Waals surface area contributed by atoms with Crippen LogP contribution in [0.25, 0.3) is 0 Å². The van der Waals surface area contributed by atoms with Gasteiger partial charge in [-0.3, -0.25) is 20.3 Å². The van der Waals surface area contributed by atoms with Gasteiger partial charge in [0.2, 0.25) is 5.91 Å². The van der Waals surface area contributed by atoms with E-state index in [1.165, 1.54) is 18.1 Å². The number of fused-ring (bicyclic) bond motifs is 2. The SMILES string of the molecule is C=CC(=O)N1CCN(C2NC(OCC3CCCN3C)NC3C[C@@]4(CCC32)Cc2ccc(OC)cc2O4)CC1CC#N. The molecule has 0 radical (unpaired) electrons. The fraction of sp³-hybridized carbons (Fsp3) is 0.677. The van der Waals surface area contributed by atoms with Gasteiger partial charge in [-0.1, -0.05) is 12.6 Å². The van der Waals surface area contributed by atoms with E-state index in [0.29, 0.717) is 38.1 Å². The number of carbonyl (C=O) groups excluding carboxylic acids is 1. The summed E-state index contributed by atoms with van der Waals surface area (Å²) >= 11 is 0. The second-order valence-electron chi connectivity index (χ2n) is 12.5. The van der Waals surface area contributed by atoms with Crippen LogP contribution in [0.1, 0.15) is 44.1 Å². The molecule has 6 rings (SSSR count). The molecule has 1 saturated carbocycles. The van der Waals surface area contributed by atoms with Crippen molar-refractivity contribution in [1.29, 1.82) is 5.26 Å². The highest BCUT2D eigenvalue weighted by molar-refractivity contribution is 5.87. The summed E-state index contributed by atoms with van der Waals surface area (Å²) in [5, 5.41) is 17.2. The molecule has 1 aliphatic carbocycles. The molecular weight excluding hydrogens is 520 g/mol. The van der Waals surface area contributed by atoms with Crippen LogP contribution < -0.4 is 20.1 Å². The normalized spacial score (nSPS) is 35.4. The number of benzene rings is 1. The smallest absolute Gasteiger partial charge is 0.246 e.